The number of carbonyl (C=O) groups is 1. The van der Waals surface area contributed by atoms with E-state index in [2.05, 4.69) is 12.2 Å². The van der Waals surface area contributed by atoms with E-state index in [1.54, 1.807) is 0 Å². The van der Waals surface area contributed by atoms with E-state index >= 15 is 0 Å². The summed E-state index contributed by atoms with van der Waals surface area (Å²) in [5.41, 5.74) is 0. The fraction of sp³-hybridized carbons (Fsp3) is 0.667. The van der Waals surface area contributed by atoms with Gasteiger partial charge in [0.15, 0.2) is 0 Å². The number of allylic oxidation sites excluding steroid dienone is 2. The van der Waals surface area contributed by atoms with Crippen LogP contribution in [0.15, 0.2) is 12.2 Å². The van der Waals surface area contributed by atoms with E-state index < -0.39 is 0 Å². The van der Waals surface area contributed by atoms with Gasteiger partial charge in [0.2, 0.25) is 0 Å². The second kappa shape index (κ2) is 3.55. The lowest BCUT2D eigenvalue weighted by atomic mass is 9.85. The molecule has 0 saturated carbocycles. The predicted octanol–water partition coefficient (Wildman–Crippen LogP) is 2.18. The maximum absolute atomic E-state index is 10.4. The molecule has 56 valence electrons. The number of aldehydes is 1. The number of hydrogen-bond donors (Lipinski definition) is 0. The van der Waals surface area contributed by atoms with E-state index in [0.29, 0.717) is 5.92 Å². The van der Waals surface area contributed by atoms with Crippen LogP contribution >= 0.6 is 0 Å². The lowest BCUT2D eigenvalue weighted by Gasteiger charge is -2.19. The van der Waals surface area contributed by atoms with E-state index in [0.717, 1.165) is 19.1 Å². The molecule has 0 N–H and O–H groups in total. The molecule has 0 bridgehead atoms. The van der Waals surface area contributed by atoms with Crippen LogP contribution in [0.5, 0.6) is 0 Å². The third-order valence-electron chi connectivity index (χ3n) is 2.27. The van der Waals surface area contributed by atoms with Crippen LogP contribution in [-0.2, 0) is 4.79 Å². The zero-order chi connectivity index (χ0) is 7.40. The average molecular weight is 138 g/mol. The third-order valence-corrected chi connectivity index (χ3v) is 2.27. The van der Waals surface area contributed by atoms with E-state index in [1.807, 2.05) is 6.92 Å². The highest BCUT2D eigenvalue weighted by Crippen LogP contribution is 2.24. The van der Waals surface area contributed by atoms with Gasteiger partial charge in [0, 0.05) is 5.92 Å². The van der Waals surface area contributed by atoms with Gasteiger partial charge in [-0.05, 0) is 25.2 Å². The van der Waals surface area contributed by atoms with Crippen molar-refractivity contribution in [3.63, 3.8) is 0 Å². The number of hydrogen-bond acceptors (Lipinski definition) is 1. The average Bonchev–Trinajstić information content (AvgIpc) is 2.05. The van der Waals surface area contributed by atoms with Crippen LogP contribution in [0.2, 0.25) is 0 Å². The van der Waals surface area contributed by atoms with Crippen molar-refractivity contribution in [2.24, 2.45) is 11.8 Å². The monoisotopic (exact) mass is 138 g/mol. The summed E-state index contributed by atoms with van der Waals surface area (Å²) in [6.45, 7) is 2.01. The molecule has 0 amide bonds. The Morgan fingerprint density at radius 3 is 2.90 bits per heavy atom. The minimum atomic E-state index is 0.255. The van der Waals surface area contributed by atoms with Crippen LogP contribution in [0, 0.1) is 11.8 Å². The Bertz CT molecular complexity index is 138. The van der Waals surface area contributed by atoms with Crippen LogP contribution in [-0.4, -0.2) is 6.29 Å². The minimum Gasteiger partial charge on any atom is -0.303 e. The first-order chi connectivity index (χ1) is 4.84. The summed E-state index contributed by atoms with van der Waals surface area (Å²) in [6.07, 6.45) is 8.91. The maximum Gasteiger partial charge on any atom is 0.123 e. The van der Waals surface area contributed by atoms with E-state index in [1.165, 1.54) is 6.42 Å². The van der Waals surface area contributed by atoms with E-state index in [-0.39, 0.29) is 5.92 Å². The molecule has 0 fully saturated rings. The normalized spacial score (nSPS) is 27.9. The summed E-state index contributed by atoms with van der Waals surface area (Å²) in [4.78, 5) is 10.4. The van der Waals surface area contributed by atoms with Crippen LogP contribution in [0.4, 0.5) is 0 Å². The first-order valence-corrected chi connectivity index (χ1v) is 3.95. The fourth-order valence-corrected chi connectivity index (χ4v) is 1.41. The summed E-state index contributed by atoms with van der Waals surface area (Å²) in [5, 5.41) is 0. The van der Waals surface area contributed by atoms with Gasteiger partial charge in [-0.2, -0.15) is 0 Å². The van der Waals surface area contributed by atoms with Crippen molar-refractivity contribution in [3.8, 4) is 0 Å². The van der Waals surface area contributed by atoms with Gasteiger partial charge < -0.3 is 4.79 Å². The highest BCUT2D eigenvalue weighted by molar-refractivity contribution is 5.53. The highest BCUT2D eigenvalue weighted by atomic mass is 16.1. The lowest BCUT2D eigenvalue weighted by molar-refractivity contribution is -0.112. The molecular formula is C9H14O. The van der Waals surface area contributed by atoms with Crippen LogP contribution in [0.25, 0.3) is 0 Å². The van der Waals surface area contributed by atoms with Crippen molar-refractivity contribution in [1.29, 1.82) is 0 Å². The molecule has 1 nitrogen and oxygen atoms in total. The van der Waals surface area contributed by atoms with Crippen molar-refractivity contribution in [3.05, 3.63) is 12.2 Å². The second-order valence-corrected chi connectivity index (χ2v) is 3.04. The minimum absolute atomic E-state index is 0.255. The molecule has 1 rings (SSSR count). The molecule has 0 aromatic heterocycles. The molecular weight excluding hydrogens is 124 g/mol. The topological polar surface area (TPSA) is 17.1 Å². The van der Waals surface area contributed by atoms with Crippen molar-refractivity contribution in [2.75, 3.05) is 0 Å². The Morgan fingerprint density at radius 2 is 2.40 bits per heavy atom. The highest BCUT2D eigenvalue weighted by Gasteiger charge is 2.15. The van der Waals surface area contributed by atoms with Crippen LogP contribution < -0.4 is 0 Å². The zero-order valence-electron chi connectivity index (χ0n) is 6.42. The van der Waals surface area contributed by atoms with Gasteiger partial charge in [0.25, 0.3) is 0 Å². The number of rotatable bonds is 2. The van der Waals surface area contributed by atoms with Gasteiger partial charge in [-0.15, -0.1) is 0 Å². The lowest BCUT2D eigenvalue weighted by Crippen LogP contribution is -2.13. The molecule has 0 unspecified atom stereocenters. The van der Waals surface area contributed by atoms with Gasteiger partial charge in [-0.25, -0.2) is 0 Å². The summed E-state index contributed by atoms with van der Waals surface area (Å²) in [6, 6.07) is 0. The van der Waals surface area contributed by atoms with Gasteiger partial charge in [0.05, 0.1) is 0 Å². The molecule has 0 saturated heterocycles. The summed E-state index contributed by atoms with van der Waals surface area (Å²) < 4.78 is 0. The Balaban J connectivity index is 2.40. The van der Waals surface area contributed by atoms with Gasteiger partial charge >= 0.3 is 0 Å². The Hall–Kier alpha value is -0.590. The van der Waals surface area contributed by atoms with Crippen LogP contribution in [0.1, 0.15) is 26.2 Å². The first kappa shape index (κ1) is 7.52. The van der Waals surface area contributed by atoms with Crippen molar-refractivity contribution in [2.45, 2.75) is 26.2 Å². The largest absolute Gasteiger partial charge is 0.303 e. The molecule has 1 heteroatoms. The van der Waals surface area contributed by atoms with E-state index in [9.17, 15) is 4.79 Å². The SMILES string of the molecule is C[C@H](C=O)[C@H]1CC=CCC1. The zero-order valence-corrected chi connectivity index (χ0v) is 6.42. The molecule has 0 aliphatic heterocycles. The standard InChI is InChI=1S/C9H14O/c1-8(7-10)9-5-3-2-4-6-9/h2-3,7-9H,4-6H2,1H3/t8-,9+/m1/s1. The maximum atomic E-state index is 10.4. The molecule has 0 aromatic rings. The summed E-state index contributed by atoms with van der Waals surface area (Å²) >= 11 is 0. The van der Waals surface area contributed by atoms with Crippen molar-refractivity contribution >= 4 is 6.29 Å². The summed E-state index contributed by atoms with van der Waals surface area (Å²) in [7, 11) is 0. The molecule has 1 aliphatic rings. The fourth-order valence-electron chi connectivity index (χ4n) is 1.41. The molecule has 0 spiro atoms. The molecule has 1 aliphatic carbocycles. The first-order valence-electron chi connectivity index (χ1n) is 3.95. The van der Waals surface area contributed by atoms with Gasteiger partial charge in [-0.3, -0.25) is 0 Å². The third kappa shape index (κ3) is 1.69. The Labute approximate surface area is 62.1 Å². The quantitative estimate of drug-likeness (QED) is 0.422. The van der Waals surface area contributed by atoms with Gasteiger partial charge in [0.1, 0.15) is 6.29 Å². The molecule has 0 heterocycles. The molecule has 2 atom stereocenters. The smallest absolute Gasteiger partial charge is 0.123 e. The molecule has 0 aromatic carbocycles. The second-order valence-electron chi connectivity index (χ2n) is 3.04. The van der Waals surface area contributed by atoms with E-state index in [4.69, 9.17) is 0 Å². The van der Waals surface area contributed by atoms with Gasteiger partial charge in [-0.1, -0.05) is 19.1 Å². The molecule has 0 radical (unpaired) electrons. The van der Waals surface area contributed by atoms with Crippen LogP contribution in [0.3, 0.4) is 0 Å². The van der Waals surface area contributed by atoms with Crippen molar-refractivity contribution < 1.29 is 4.79 Å². The molecule has 10 heavy (non-hydrogen) atoms. The predicted molar refractivity (Wildman–Crippen MR) is 41.7 cm³/mol. The Morgan fingerprint density at radius 1 is 1.60 bits per heavy atom. The number of carbonyl (C=O) groups excluding carboxylic acids is 1. The van der Waals surface area contributed by atoms with Crippen molar-refractivity contribution in [1.82, 2.24) is 0 Å². The Kier molecular flexibility index (Phi) is 2.67. The summed E-state index contributed by atoms with van der Waals surface area (Å²) in [5.74, 6) is 0.868.